The highest BCUT2D eigenvalue weighted by molar-refractivity contribution is 6.02. The predicted molar refractivity (Wildman–Crippen MR) is 93.2 cm³/mol. The molecule has 0 aliphatic carbocycles. The number of rotatable bonds is 4. The molecule has 7 nitrogen and oxygen atoms in total. The number of halogens is 1. The molecule has 0 spiro atoms. The van der Waals surface area contributed by atoms with E-state index in [9.17, 15) is 18.8 Å². The Hall–Kier alpha value is -3.68. The van der Waals surface area contributed by atoms with E-state index in [0.717, 1.165) is 10.6 Å². The Labute approximate surface area is 146 Å². The molecule has 3 rings (SSSR count). The fourth-order valence-corrected chi connectivity index (χ4v) is 2.12. The maximum atomic E-state index is 12.9. The third kappa shape index (κ3) is 3.86. The summed E-state index contributed by atoms with van der Waals surface area (Å²) >= 11 is 0. The van der Waals surface area contributed by atoms with Gasteiger partial charge < -0.3 is 15.0 Å². The molecule has 1 aromatic heterocycles. The van der Waals surface area contributed by atoms with Gasteiger partial charge in [-0.3, -0.25) is 14.2 Å². The van der Waals surface area contributed by atoms with Crippen molar-refractivity contribution in [1.29, 1.82) is 0 Å². The van der Waals surface area contributed by atoms with Crippen molar-refractivity contribution in [3.63, 3.8) is 0 Å². The molecule has 8 heteroatoms. The quantitative estimate of drug-likeness (QED) is 0.751. The Bertz CT molecular complexity index is 1020. The zero-order chi connectivity index (χ0) is 18.7. The van der Waals surface area contributed by atoms with Crippen LogP contribution < -0.4 is 21.3 Å². The second-order valence-corrected chi connectivity index (χ2v) is 5.42. The molecule has 26 heavy (non-hydrogen) atoms. The number of hydrogen-bond donors (Lipinski definition) is 2. The van der Waals surface area contributed by atoms with Gasteiger partial charge >= 0.3 is 5.69 Å². The average Bonchev–Trinajstić information content (AvgIpc) is 2.62. The lowest BCUT2D eigenvalue weighted by atomic mass is 10.2. The molecule has 0 bridgehead atoms. The minimum atomic E-state index is -0.675. The van der Waals surface area contributed by atoms with E-state index in [1.165, 1.54) is 31.3 Å². The van der Waals surface area contributed by atoms with Crippen LogP contribution in [0.4, 0.5) is 10.1 Å². The summed E-state index contributed by atoms with van der Waals surface area (Å²) in [5, 5.41) is 2.57. The number of nitrogens with zero attached hydrogens (tertiary/aromatic N) is 1. The Balaban J connectivity index is 1.71. The van der Waals surface area contributed by atoms with Crippen LogP contribution in [0.2, 0.25) is 0 Å². The zero-order valence-electron chi connectivity index (χ0n) is 13.7. The Kier molecular flexibility index (Phi) is 4.66. The molecule has 0 radical (unpaired) electrons. The summed E-state index contributed by atoms with van der Waals surface area (Å²) in [6.45, 7) is 0. The topological polar surface area (TPSA) is 93.2 Å². The number of benzene rings is 2. The Morgan fingerprint density at radius 1 is 1.04 bits per heavy atom. The number of aromatic nitrogens is 2. The zero-order valence-corrected chi connectivity index (χ0v) is 13.7. The third-order valence-electron chi connectivity index (χ3n) is 3.55. The van der Waals surface area contributed by atoms with E-state index in [-0.39, 0.29) is 11.5 Å². The van der Waals surface area contributed by atoms with Gasteiger partial charge in [0.2, 0.25) is 0 Å². The number of anilines is 1. The molecular formula is C18H14FN3O4. The lowest BCUT2D eigenvalue weighted by Crippen LogP contribution is -2.34. The van der Waals surface area contributed by atoms with Crippen molar-refractivity contribution in [2.75, 3.05) is 5.32 Å². The van der Waals surface area contributed by atoms with Crippen LogP contribution in [0.15, 0.2) is 64.2 Å². The first-order valence-electron chi connectivity index (χ1n) is 7.57. The molecule has 3 aromatic rings. The number of carbonyl (C=O) groups is 1. The molecule has 2 aromatic carbocycles. The number of aromatic amines is 1. The van der Waals surface area contributed by atoms with Crippen LogP contribution in [-0.2, 0) is 7.05 Å². The molecule has 0 saturated carbocycles. The second kappa shape index (κ2) is 7.06. The first-order chi connectivity index (χ1) is 12.4. The van der Waals surface area contributed by atoms with Crippen LogP contribution in [0.1, 0.15) is 10.5 Å². The number of hydrogen-bond acceptors (Lipinski definition) is 4. The first-order valence-corrected chi connectivity index (χ1v) is 7.57. The highest BCUT2D eigenvalue weighted by Crippen LogP contribution is 2.23. The van der Waals surface area contributed by atoms with Crippen LogP contribution in [0.3, 0.4) is 0 Å². The molecule has 2 N–H and O–H groups in total. The maximum absolute atomic E-state index is 12.9. The lowest BCUT2D eigenvalue weighted by molar-refractivity contribution is 0.102. The fourth-order valence-electron chi connectivity index (χ4n) is 2.12. The highest BCUT2D eigenvalue weighted by atomic mass is 19.1. The van der Waals surface area contributed by atoms with Gasteiger partial charge in [0.15, 0.2) is 0 Å². The van der Waals surface area contributed by atoms with E-state index < -0.39 is 17.2 Å². The molecular weight excluding hydrogens is 341 g/mol. The minimum Gasteiger partial charge on any atom is -0.457 e. The second-order valence-electron chi connectivity index (χ2n) is 5.42. The predicted octanol–water partition coefficient (Wildman–Crippen LogP) is 2.26. The highest BCUT2D eigenvalue weighted by Gasteiger charge is 2.10. The molecule has 0 unspecified atom stereocenters. The van der Waals surface area contributed by atoms with Crippen molar-refractivity contribution in [2.45, 2.75) is 0 Å². The average molecular weight is 355 g/mol. The van der Waals surface area contributed by atoms with Crippen LogP contribution in [-0.4, -0.2) is 15.5 Å². The maximum Gasteiger partial charge on any atom is 0.328 e. The van der Waals surface area contributed by atoms with Gasteiger partial charge in [-0.2, -0.15) is 0 Å². The molecule has 132 valence electrons. The molecule has 0 fully saturated rings. The van der Waals surface area contributed by atoms with E-state index in [1.807, 2.05) is 0 Å². The number of amides is 1. The smallest absolute Gasteiger partial charge is 0.328 e. The summed E-state index contributed by atoms with van der Waals surface area (Å²) in [5.41, 5.74) is -0.944. The summed E-state index contributed by atoms with van der Waals surface area (Å²) in [4.78, 5) is 37.6. The number of H-pyrrole nitrogens is 1. The summed E-state index contributed by atoms with van der Waals surface area (Å²) in [7, 11) is 1.31. The minimum absolute atomic E-state index is 0.135. The fraction of sp³-hybridized carbons (Fsp3) is 0.0556. The number of ether oxygens (including phenoxy) is 1. The van der Waals surface area contributed by atoms with Crippen molar-refractivity contribution in [3.05, 3.63) is 86.9 Å². The number of carbonyl (C=O) groups excluding carboxylic acids is 1. The van der Waals surface area contributed by atoms with E-state index in [2.05, 4.69) is 10.3 Å². The molecule has 0 atom stereocenters. The van der Waals surface area contributed by atoms with Crippen LogP contribution in [0.5, 0.6) is 11.5 Å². The molecule has 0 saturated heterocycles. The van der Waals surface area contributed by atoms with Gasteiger partial charge in [0.1, 0.15) is 23.0 Å². The van der Waals surface area contributed by atoms with Crippen LogP contribution in [0.25, 0.3) is 0 Å². The van der Waals surface area contributed by atoms with Gasteiger partial charge in [-0.25, -0.2) is 9.18 Å². The summed E-state index contributed by atoms with van der Waals surface area (Å²) in [6, 6.07) is 13.0. The monoisotopic (exact) mass is 355 g/mol. The number of nitrogens with one attached hydrogen (secondary N) is 2. The van der Waals surface area contributed by atoms with E-state index >= 15 is 0 Å². The van der Waals surface area contributed by atoms with Gasteiger partial charge in [0.25, 0.3) is 11.5 Å². The molecule has 0 aliphatic heterocycles. The molecule has 0 aliphatic rings. The van der Waals surface area contributed by atoms with Crippen LogP contribution >= 0.6 is 0 Å². The summed E-state index contributed by atoms with van der Waals surface area (Å²) in [5.74, 6) is -0.00585. The van der Waals surface area contributed by atoms with Gasteiger partial charge in [-0.15, -0.1) is 0 Å². The SMILES string of the molecule is Cn1c(=O)cc(C(=O)Nc2ccc(Oc3ccc(F)cc3)cc2)[nH]c1=O. The van der Waals surface area contributed by atoms with Gasteiger partial charge in [-0.05, 0) is 48.5 Å². The first kappa shape index (κ1) is 17.2. The van der Waals surface area contributed by atoms with Gasteiger partial charge in [-0.1, -0.05) is 0 Å². The third-order valence-corrected chi connectivity index (χ3v) is 3.55. The normalized spacial score (nSPS) is 10.4. The Morgan fingerprint density at radius 2 is 1.62 bits per heavy atom. The van der Waals surface area contributed by atoms with E-state index in [1.54, 1.807) is 24.3 Å². The largest absolute Gasteiger partial charge is 0.457 e. The molecule has 1 heterocycles. The van der Waals surface area contributed by atoms with Crippen molar-refractivity contribution < 1.29 is 13.9 Å². The summed E-state index contributed by atoms with van der Waals surface area (Å²) < 4.78 is 19.3. The van der Waals surface area contributed by atoms with E-state index in [4.69, 9.17) is 4.74 Å². The van der Waals surface area contributed by atoms with Gasteiger partial charge in [0, 0.05) is 18.8 Å². The molecule has 1 amide bonds. The van der Waals surface area contributed by atoms with Crippen molar-refractivity contribution in [1.82, 2.24) is 9.55 Å². The van der Waals surface area contributed by atoms with Crippen molar-refractivity contribution in [2.24, 2.45) is 7.05 Å². The van der Waals surface area contributed by atoms with Crippen LogP contribution in [0, 0.1) is 5.82 Å². The summed E-state index contributed by atoms with van der Waals surface area (Å²) in [6.07, 6.45) is 0. The standard InChI is InChI=1S/C18H14FN3O4/c1-22-16(23)10-15(21-18(22)25)17(24)20-12-4-8-14(9-5-12)26-13-6-2-11(19)3-7-13/h2-10H,1H3,(H,20,24)(H,21,25). The van der Waals surface area contributed by atoms with Crippen molar-refractivity contribution >= 4 is 11.6 Å². The lowest BCUT2D eigenvalue weighted by Gasteiger charge is -2.08. The van der Waals surface area contributed by atoms with Crippen molar-refractivity contribution in [3.8, 4) is 11.5 Å². The van der Waals surface area contributed by atoms with Gasteiger partial charge in [0.05, 0.1) is 0 Å². The van der Waals surface area contributed by atoms with E-state index in [0.29, 0.717) is 17.2 Å². The Morgan fingerprint density at radius 3 is 2.19 bits per heavy atom.